The first kappa shape index (κ1) is 19.5. The molecule has 7 nitrogen and oxygen atoms in total. The van der Waals surface area contributed by atoms with Crippen LogP contribution in [0.5, 0.6) is 0 Å². The molecule has 5 aliphatic rings. The van der Waals surface area contributed by atoms with Crippen LogP contribution in [0.1, 0.15) is 24.6 Å². The van der Waals surface area contributed by atoms with Crippen LogP contribution in [-0.4, -0.2) is 40.2 Å². The van der Waals surface area contributed by atoms with E-state index in [4.69, 9.17) is 4.74 Å². The Bertz CT molecular complexity index is 1190. The van der Waals surface area contributed by atoms with Crippen molar-refractivity contribution in [2.45, 2.75) is 26.8 Å². The summed E-state index contributed by atoms with van der Waals surface area (Å²) in [5.41, 5.74) is 2.52. The first-order valence-corrected chi connectivity index (χ1v) is 11.3. The first-order valence-electron chi connectivity index (χ1n) is 11.3. The average molecular weight is 431 g/mol. The molecule has 2 saturated carbocycles. The number of ether oxygens (including phenoxy) is 1. The van der Waals surface area contributed by atoms with Gasteiger partial charge in [-0.3, -0.25) is 14.4 Å². The van der Waals surface area contributed by atoms with Gasteiger partial charge in [-0.1, -0.05) is 30.4 Å². The molecule has 0 radical (unpaired) electrons. The molecule has 1 aliphatic heterocycles. The minimum absolute atomic E-state index is 0.0948. The summed E-state index contributed by atoms with van der Waals surface area (Å²) in [5.74, 6) is 0.317. The van der Waals surface area contributed by atoms with Crippen molar-refractivity contribution in [1.82, 2.24) is 9.58 Å². The molecule has 1 saturated heterocycles. The standard InChI is InChI=1S/C25H25N3O4/c1-3-32-21(29)12-27-13(2)19(14-6-4-5-7-20(14)27)11-26-28-24(30)22-15-8-9-16(18-10-17(15)18)23(22)25(28)31/h4-9,11,15-18,22-23H,3,10,12H2,1-2H3. The lowest BCUT2D eigenvalue weighted by Gasteiger charge is -2.37. The van der Waals surface area contributed by atoms with Crippen molar-refractivity contribution in [1.29, 1.82) is 0 Å². The molecule has 0 spiro atoms. The van der Waals surface area contributed by atoms with Crippen LogP contribution < -0.4 is 0 Å². The lowest BCUT2D eigenvalue weighted by atomic mass is 9.63. The van der Waals surface area contributed by atoms with Gasteiger partial charge in [0, 0.05) is 22.2 Å². The fourth-order valence-electron chi connectivity index (χ4n) is 6.33. The molecule has 32 heavy (non-hydrogen) atoms. The molecule has 2 heterocycles. The maximum absolute atomic E-state index is 13.2. The van der Waals surface area contributed by atoms with Crippen molar-refractivity contribution in [3.05, 3.63) is 47.7 Å². The number of hydrogen-bond donors (Lipinski definition) is 0. The van der Waals surface area contributed by atoms with Gasteiger partial charge in [-0.05, 0) is 50.0 Å². The predicted molar refractivity (Wildman–Crippen MR) is 117 cm³/mol. The highest BCUT2D eigenvalue weighted by atomic mass is 16.5. The highest BCUT2D eigenvalue weighted by molar-refractivity contribution is 6.08. The number of rotatable bonds is 5. The molecule has 2 bridgehead atoms. The van der Waals surface area contributed by atoms with Crippen molar-refractivity contribution in [3.63, 3.8) is 0 Å². The number of carbonyl (C=O) groups is 3. The molecule has 6 atom stereocenters. The van der Waals surface area contributed by atoms with Crippen LogP contribution in [0.25, 0.3) is 10.9 Å². The van der Waals surface area contributed by atoms with Gasteiger partial charge in [0.2, 0.25) is 0 Å². The van der Waals surface area contributed by atoms with Gasteiger partial charge < -0.3 is 9.30 Å². The second-order valence-electron chi connectivity index (χ2n) is 9.29. The van der Waals surface area contributed by atoms with E-state index in [0.29, 0.717) is 18.4 Å². The molecule has 1 aromatic heterocycles. The minimum Gasteiger partial charge on any atom is -0.465 e. The topological polar surface area (TPSA) is 81.0 Å². The molecular formula is C25H25N3O4. The fourth-order valence-corrected chi connectivity index (χ4v) is 6.33. The predicted octanol–water partition coefficient (Wildman–Crippen LogP) is 2.90. The molecule has 4 aliphatic carbocycles. The number of esters is 1. The number of imide groups is 1. The summed E-state index contributed by atoms with van der Waals surface area (Å²) < 4.78 is 7.01. The van der Waals surface area contributed by atoms with Gasteiger partial charge in [-0.2, -0.15) is 10.1 Å². The molecule has 2 aromatic rings. The van der Waals surface area contributed by atoms with Crippen molar-refractivity contribution >= 4 is 34.9 Å². The summed E-state index contributed by atoms with van der Waals surface area (Å²) in [6.45, 7) is 4.11. The number of allylic oxidation sites excluding steroid dienone is 2. The molecule has 3 fully saturated rings. The monoisotopic (exact) mass is 431 g/mol. The number of nitrogens with zero attached hydrogens (tertiary/aromatic N) is 3. The fraction of sp³-hybridized carbons (Fsp3) is 0.440. The summed E-state index contributed by atoms with van der Waals surface area (Å²) in [4.78, 5) is 38.5. The van der Waals surface area contributed by atoms with Crippen LogP contribution >= 0.6 is 0 Å². The van der Waals surface area contributed by atoms with Crippen LogP contribution in [-0.2, 0) is 25.7 Å². The van der Waals surface area contributed by atoms with Crippen LogP contribution in [0.3, 0.4) is 0 Å². The molecule has 0 N–H and O–H groups in total. The Labute approximate surface area is 185 Å². The van der Waals surface area contributed by atoms with E-state index in [1.807, 2.05) is 35.8 Å². The molecule has 7 heteroatoms. The van der Waals surface area contributed by atoms with Gasteiger partial charge in [0.25, 0.3) is 11.8 Å². The van der Waals surface area contributed by atoms with E-state index in [1.165, 1.54) is 0 Å². The number of amides is 2. The number of hydrazone groups is 1. The van der Waals surface area contributed by atoms with Crippen LogP contribution in [0, 0.1) is 42.4 Å². The van der Waals surface area contributed by atoms with Crippen molar-refractivity contribution in [2.24, 2.45) is 40.6 Å². The number of aromatic nitrogens is 1. The Morgan fingerprint density at radius 3 is 2.44 bits per heavy atom. The third-order valence-corrected chi connectivity index (χ3v) is 7.81. The van der Waals surface area contributed by atoms with E-state index in [0.717, 1.165) is 33.6 Å². The van der Waals surface area contributed by atoms with Gasteiger partial charge in [0.1, 0.15) is 6.54 Å². The van der Waals surface area contributed by atoms with Gasteiger partial charge in [-0.25, -0.2) is 0 Å². The Morgan fingerprint density at radius 1 is 1.12 bits per heavy atom. The molecule has 2 amide bonds. The summed E-state index contributed by atoms with van der Waals surface area (Å²) in [6.07, 6.45) is 7.05. The normalized spacial score (nSPS) is 32.1. The lowest BCUT2D eigenvalue weighted by molar-refractivity contribution is -0.144. The van der Waals surface area contributed by atoms with Gasteiger partial charge >= 0.3 is 5.97 Å². The SMILES string of the molecule is CCOC(=O)Cn1c(C)c(C=NN2C(=O)C3C4C=CC(C5CC45)C3C2=O)c2ccccc21. The average Bonchev–Trinajstić information content (AvgIpc) is 3.53. The summed E-state index contributed by atoms with van der Waals surface area (Å²) >= 11 is 0. The highest BCUT2D eigenvalue weighted by Gasteiger charge is 2.67. The maximum Gasteiger partial charge on any atom is 0.325 e. The Kier molecular flexibility index (Phi) is 4.19. The van der Waals surface area contributed by atoms with E-state index in [9.17, 15) is 14.4 Å². The van der Waals surface area contributed by atoms with E-state index in [-0.39, 0.29) is 48.0 Å². The van der Waals surface area contributed by atoms with E-state index in [2.05, 4.69) is 17.3 Å². The number of hydrogen-bond acceptors (Lipinski definition) is 5. The Hall–Kier alpha value is -3.22. The van der Waals surface area contributed by atoms with E-state index >= 15 is 0 Å². The summed E-state index contributed by atoms with van der Waals surface area (Å²) in [7, 11) is 0. The van der Waals surface area contributed by atoms with Gasteiger partial charge in [0.05, 0.1) is 24.7 Å². The summed E-state index contributed by atoms with van der Waals surface area (Å²) in [5, 5.41) is 6.42. The number of benzene rings is 1. The molecular weight excluding hydrogens is 406 g/mol. The summed E-state index contributed by atoms with van der Waals surface area (Å²) in [6, 6.07) is 7.73. The van der Waals surface area contributed by atoms with E-state index < -0.39 is 0 Å². The number of fused-ring (bicyclic) bond motifs is 1. The number of para-hydroxylation sites is 1. The minimum atomic E-state index is -0.310. The van der Waals surface area contributed by atoms with Gasteiger partial charge in [0.15, 0.2) is 0 Å². The second-order valence-corrected chi connectivity index (χ2v) is 9.29. The van der Waals surface area contributed by atoms with E-state index in [1.54, 1.807) is 13.1 Å². The Balaban J connectivity index is 1.34. The third kappa shape index (κ3) is 2.60. The van der Waals surface area contributed by atoms with Crippen molar-refractivity contribution < 1.29 is 19.1 Å². The Morgan fingerprint density at radius 2 is 1.78 bits per heavy atom. The molecule has 1 aromatic carbocycles. The molecule has 164 valence electrons. The highest BCUT2D eigenvalue weighted by Crippen LogP contribution is 2.65. The van der Waals surface area contributed by atoms with Crippen LogP contribution in [0.4, 0.5) is 0 Å². The number of carbonyl (C=O) groups excluding carboxylic acids is 3. The second kappa shape index (κ2) is 6.89. The third-order valence-electron chi connectivity index (χ3n) is 7.81. The van der Waals surface area contributed by atoms with Gasteiger partial charge in [-0.15, -0.1) is 0 Å². The zero-order valence-electron chi connectivity index (χ0n) is 18.1. The first-order chi connectivity index (χ1) is 15.5. The maximum atomic E-state index is 13.2. The lowest BCUT2D eigenvalue weighted by Crippen LogP contribution is -2.40. The quantitative estimate of drug-likeness (QED) is 0.316. The molecule has 7 rings (SSSR count). The van der Waals surface area contributed by atoms with Crippen molar-refractivity contribution in [2.75, 3.05) is 6.61 Å². The molecule has 6 unspecified atom stereocenters. The zero-order valence-corrected chi connectivity index (χ0v) is 18.1. The largest absolute Gasteiger partial charge is 0.465 e. The smallest absolute Gasteiger partial charge is 0.325 e. The van der Waals surface area contributed by atoms with Crippen LogP contribution in [0.2, 0.25) is 0 Å². The van der Waals surface area contributed by atoms with Crippen LogP contribution in [0.15, 0.2) is 41.5 Å². The zero-order chi connectivity index (χ0) is 22.1. The van der Waals surface area contributed by atoms with Crippen molar-refractivity contribution in [3.8, 4) is 0 Å².